The van der Waals surface area contributed by atoms with Crippen LogP contribution in [0.3, 0.4) is 0 Å². The van der Waals surface area contributed by atoms with Crippen LogP contribution in [0.1, 0.15) is 44.0 Å². The van der Waals surface area contributed by atoms with Crippen LogP contribution in [0.5, 0.6) is 0 Å². The molecule has 0 aromatic heterocycles. The summed E-state index contributed by atoms with van der Waals surface area (Å²) in [5.74, 6) is -0.409. The summed E-state index contributed by atoms with van der Waals surface area (Å²) in [4.78, 5) is 37.0. The third kappa shape index (κ3) is 6.74. The monoisotopic (exact) mass is 368 g/mol. The van der Waals surface area contributed by atoms with Gasteiger partial charge in [0.15, 0.2) is 0 Å². The topological polar surface area (TPSA) is 75.7 Å². The molecule has 0 aliphatic rings. The summed E-state index contributed by atoms with van der Waals surface area (Å²) in [7, 11) is 1.28. The molecule has 0 unspecified atom stereocenters. The van der Waals surface area contributed by atoms with Crippen LogP contribution in [0.15, 0.2) is 18.2 Å². The zero-order valence-electron chi connectivity index (χ0n) is 15.1. The SMILES string of the molecule is COC(=O)c1ccc(Cl)c(N(CCC(=O)NCCC(C)C)C(C)=O)c1. The summed E-state index contributed by atoms with van der Waals surface area (Å²) in [5.41, 5.74) is 0.668. The predicted molar refractivity (Wildman–Crippen MR) is 97.9 cm³/mol. The summed E-state index contributed by atoms with van der Waals surface area (Å²) in [5, 5.41) is 3.15. The number of rotatable bonds is 8. The maximum Gasteiger partial charge on any atom is 0.337 e. The molecule has 1 aromatic carbocycles. The first-order valence-corrected chi connectivity index (χ1v) is 8.56. The Labute approximate surface area is 153 Å². The molecule has 7 heteroatoms. The fourth-order valence-corrected chi connectivity index (χ4v) is 2.43. The molecule has 0 saturated heterocycles. The average molecular weight is 369 g/mol. The van der Waals surface area contributed by atoms with Crippen molar-refractivity contribution in [2.24, 2.45) is 5.92 Å². The van der Waals surface area contributed by atoms with Gasteiger partial charge in [0.25, 0.3) is 0 Å². The van der Waals surface area contributed by atoms with Crippen molar-refractivity contribution in [2.45, 2.75) is 33.6 Å². The molecule has 1 N–H and O–H groups in total. The van der Waals surface area contributed by atoms with Crippen LogP contribution in [0.25, 0.3) is 0 Å². The van der Waals surface area contributed by atoms with E-state index in [1.165, 1.54) is 37.1 Å². The Morgan fingerprint density at radius 2 is 1.96 bits per heavy atom. The van der Waals surface area contributed by atoms with Crippen molar-refractivity contribution in [1.29, 1.82) is 0 Å². The van der Waals surface area contributed by atoms with Crippen molar-refractivity contribution in [3.05, 3.63) is 28.8 Å². The zero-order chi connectivity index (χ0) is 19.0. The zero-order valence-corrected chi connectivity index (χ0v) is 15.9. The number of carbonyl (C=O) groups is 3. The third-order valence-electron chi connectivity index (χ3n) is 3.64. The summed E-state index contributed by atoms with van der Waals surface area (Å²) in [6.07, 6.45) is 1.05. The van der Waals surface area contributed by atoms with Crippen LogP contribution < -0.4 is 10.2 Å². The van der Waals surface area contributed by atoms with Crippen LogP contribution in [-0.2, 0) is 14.3 Å². The van der Waals surface area contributed by atoms with Crippen LogP contribution in [0.2, 0.25) is 5.02 Å². The molecular formula is C18H25ClN2O4. The Balaban J connectivity index is 2.82. The quantitative estimate of drug-likeness (QED) is 0.715. The average Bonchev–Trinajstić information content (AvgIpc) is 2.55. The number of esters is 1. The van der Waals surface area contributed by atoms with E-state index in [9.17, 15) is 14.4 Å². The van der Waals surface area contributed by atoms with Gasteiger partial charge in [-0.1, -0.05) is 25.4 Å². The van der Waals surface area contributed by atoms with Crippen molar-refractivity contribution in [2.75, 3.05) is 25.1 Å². The second kappa shape index (κ2) is 10.0. The van der Waals surface area contributed by atoms with E-state index in [1.54, 1.807) is 0 Å². The van der Waals surface area contributed by atoms with Gasteiger partial charge in [-0.2, -0.15) is 0 Å². The van der Waals surface area contributed by atoms with Gasteiger partial charge < -0.3 is 15.0 Å². The largest absolute Gasteiger partial charge is 0.465 e. The van der Waals surface area contributed by atoms with Crippen molar-refractivity contribution < 1.29 is 19.1 Å². The lowest BCUT2D eigenvalue weighted by atomic mass is 10.1. The first kappa shape index (κ1) is 21.0. The highest BCUT2D eigenvalue weighted by Crippen LogP contribution is 2.27. The number of carbonyl (C=O) groups excluding carboxylic acids is 3. The highest BCUT2D eigenvalue weighted by Gasteiger charge is 2.18. The van der Waals surface area contributed by atoms with Crippen LogP contribution >= 0.6 is 11.6 Å². The molecule has 6 nitrogen and oxygen atoms in total. The summed E-state index contributed by atoms with van der Waals surface area (Å²) in [6, 6.07) is 4.54. The molecule has 0 bridgehead atoms. The van der Waals surface area contributed by atoms with E-state index < -0.39 is 5.97 Å². The molecule has 0 saturated carbocycles. The molecular weight excluding hydrogens is 344 g/mol. The molecule has 0 heterocycles. The van der Waals surface area contributed by atoms with Gasteiger partial charge in [0.1, 0.15) is 0 Å². The fraction of sp³-hybridized carbons (Fsp3) is 0.500. The standard InChI is InChI=1S/C18H25ClN2O4/c1-12(2)7-9-20-17(23)8-10-21(13(3)22)16-11-14(18(24)25-4)5-6-15(16)19/h5-6,11-12H,7-10H2,1-4H3,(H,20,23). The second-order valence-electron chi connectivity index (χ2n) is 6.11. The van der Waals surface area contributed by atoms with E-state index in [0.29, 0.717) is 23.2 Å². The molecule has 1 rings (SSSR count). The van der Waals surface area contributed by atoms with E-state index >= 15 is 0 Å². The molecule has 0 aliphatic heterocycles. The van der Waals surface area contributed by atoms with Gasteiger partial charge in [0.05, 0.1) is 23.4 Å². The number of methoxy groups -OCH3 is 1. The Morgan fingerprint density at radius 1 is 1.28 bits per heavy atom. The molecule has 0 atom stereocenters. The summed E-state index contributed by atoms with van der Waals surface area (Å²) < 4.78 is 4.68. The molecule has 138 valence electrons. The minimum absolute atomic E-state index is 0.132. The van der Waals surface area contributed by atoms with Gasteiger partial charge in [-0.25, -0.2) is 4.79 Å². The highest BCUT2D eigenvalue weighted by atomic mass is 35.5. The minimum atomic E-state index is -0.521. The van der Waals surface area contributed by atoms with Gasteiger partial charge in [-0.15, -0.1) is 0 Å². The Kier molecular flexibility index (Phi) is 8.41. The lowest BCUT2D eigenvalue weighted by Gasteiger charge is -2.22. The van der Waals surface area contributed by atoms with Crippen LogP contribution in [0.4, 0.5) is 5.69 Å². The van der Waals surface area contributed by atoms with Crippen LogP contribution in [0, 0.1) is 5.92 Å². The van der Waals surface area contributed by atoms with Gasteiger partial charge >= 0.3 is 5.97 Å². The molecule has 25 heavy (non-hydrogen) atoms. The smallest absolute Gasteiger partial charge is 0.337 e. The second-order valence-corrected chi connectivity index (χ2v) is 6.52. The number of hydrogen-bond donors (Lipinski definition) is 1. The lowest BCUT2D eigenvalue weighted by molar-refractivity contribution is -0.121. The van der Waals surface area contributed by atoms with Gasteiger partial charge in [0.2, 0.25) is 11.8 Å². The first-order valence-electron chi connectivity index (χ1n) is 8.19. The van der Waals surface area contributed by atoms with Crippen molar-refractivity contribution >= 4 is 35.1 Å². The van der Waals surface area contributed by atoms with E-state index in [-0.39, 0.29) is 30.3 Å². The van der Waals surface area contributed by atoms with Gasteiger partial charge in [-0.05, 0) is 30.5 Å². The van der Waals surface area contributed by atoms with Gasteiger partial charge in [-0.3, -0.25) is 9.59 Å². The Bertz CT molecular complexity index is 632. The third-order valence-corrected chi connectivity index (χ3v) is 3.96. The fourth-order valence-electron chi connectivity index (χ4n) is 2.21. The molecule has 0 aliphatic carbocycles. The lowest BCUT2D eigenvalue weighted by Crippen LogP contribution is -2.34. The van der Waals surface area contributed by atoms with Crippen molar-refractivity contribution in [3.8, 4) is 0 Å². The molecule has 1 aromatic rings. The maximum atomic E-state index is 12.0. The summed E-state index contributed by atoms with van der Waals surface area (Å²) >= 11 is 6.17. The van der Waals surface area contributed by atoms with E-state index in [2.05, 4.69) is 23.9 Å². The number of hydrogen-bond acceptors (Lipinski definition) is 4. The summed E-state index contributed by atoms with van der Waals surface area (Å²) in [6.45, 7) is 6.33. The number of nitrogens with one attached hydrogen (secondary N) is 1. The number of nitrogens with zero attached hydrogens (tertiary/aromatic N) is 1. The number of anilines is 1. The van der Waals surface area contributed by atoms with Gasteiger partial charge in [0, 0.05) is 26.4 Å². The first-order chi connectivity index (χ1) is 11.8. The highest BCUT2D eigenvalue weighted by molar-refractivity contribution is 6.34. The number of halogens is 1. The van der Waals surface area contributed by atoms with Crippen LogP contribution in [-0.4, -0.2) is 38.0 Å². The van der Waals surface area contributed by atoms with Crippen molar-refractivity contribution in [3.63, 3.8) is 0 Å². The Hall–Kier alpha value is -2.08. The maximum absolute atomic E-state index is 12.0. The number of benzene rings is 1. The molecule has 0 fully saturated rings. The predicted octanol–water partition coefficient (Wildman–Crippen LogP) is 3.03. The van der Waals surface area contributed by atoms with E-state index in [1.807, 2.05) is 0 Å². The van der Waals surface area contributed by atoms with Crippen molar-refractivity contribution in [1.82, 2.24) is 5.32 Å². The normalized spacial score (nSPS) is 10.5. The molecule has 2 amide bonds. The molecule has 0 radical (unpaired) electrons. The van der Waals surface area contributed by atoms with E-state index in [0.717, 1.165) is 6.42 Å². The minimum Gasteiger partial charge on any atom is -0.465 e. The number of amides is 2. The Morgan fingerprint density at radius 3 is 2.52 bits per heavy atom. The molecule has 0 spiro atoms. The number of ether oxygens (including phenoxy) is 1. The van der Waals surface area contributed by atoms with E-state index in [4.69, 9.17) is 11.6 Å².